The number of carbonyl (C=O) groups excluding carboxylic acids is 1. The van der Waals surface area contributed by atoms with Crippen molar-refractivity contribution in [1.82, 2.24) is 4.90 Å². The Bertz CT molecular complexity index is 1250. The van der Waals surface area contributed by atoms with Crippen LogP contribution >= 0.6 is 0 Å². The van der Waals surface area contributed by atoms with E-state index in [0.717, 1.165) is 44.8 Å². The van der Waals surface area contributed by atoms with Crippen molar-refractivity contribution < 1.29 is 28.0 Å². The summed E-state index contributed by atoms with van der Waals surface area (Å²) in [5.74, 6) is -0.187. The smallest absolute Gasteiger partial charge is 0.290 e. The van der Waals surface area contributed by atoms with Crippen LogP contribution in [0.1, 0.15) is 34.1 Å². The first-order valence-corrected chi connectivity index (χ1v) is 11.2. The average Bonchev–Trinajstić information content (AvgIpc) is 3.12. The molecule has 2 aliphatic heterocycles. The molecular weight excluding hydrogens is 427 g/mol. The molecule has 8 heteroatoms. The summed E-state index contributed by atoms with van der Waals surface area (Å²) in [5, 5.41) is 0.133. The van der Waals surface area contributed by atoms with E-state index in [1.165, 1.54) is 23.1 Å². The zero-order valence-corrected chi connectivity index (χ0v) is 18.4. The number of benzene rings is 2. The Kier molecular flexibility index (Phi) is 5.86. The van der Waals surface area contributed by atoms with Gasteiger partial charge in [-0.3, -0.25) is 9.59 Å². The number of methoxy groups -OCH3 is 1. The lowest BCUT2D eigenvalue weighted by Gasteiger charge is -2.27. The minimum Gasteiger partial charge on any atom is -0.497 e. The van der Waals surface area contributed by atoms with Gasteiger partial charge in [-0.25, -0.2) is 4.39 Å². The van der Waals surface area contributed by atoms with Crippen molar-refractivity contribution in [3.8, 4) is 5.75 Å². The standard InChI is InChI=1S/C25H25FN2O5/c1-31-18-5-2-4-16(14-18)22-21-23(29)19-15-17(26)6-7-20(19)33-24(21)25(30)28(22)9-3-8-27-10-12-32-13-11-27/h2,4-7,14-15,22H,3,8-13H2,1H3/p+1. The number of rotatable bonds is 6. The topological polar surface area (TPSA) is 73.4 Å². The van der Waals surface area contributed by atoms with E-state index in [1.54, 1.807) is 12.0 Å². The van der Waals surface area contributed by atoms with Crippen molar-refractivity contribution in [1.29, 1.82) is 0 Å². The van der Waals surface area contributed by atoms with Gasteiger partial charge in [-0.15, -0.1) is 0 Å². The van der Waals surface area contributed by atoms with Crippen LogP contribution in [0.15, 0.2) is 51.7 Å². The molecule has 33 heavy (non-hydrogen) atoms. The molecule has 1 N–H and O–H groups in total. The number of halogens is 1. The zero-order chi connectivity index (χ0) is 22.9. The van der Waals surface area contributed by atoms with Gasteiger partial charge in [0.25, 0.3) is 5.91 Å². The summed E-state index contributed by atoms with van der Waals surface area (Å²) in [7, 11) is 1.57. The van der Waals surface area contributed by atoms with Gasteiger partial charge >= 0.3 is 0 Å². The molecule has 0 aliphatic carbocycles. The molecule has 2 aromatic carbocycles. The lowest BCUT2D eigenvalue weighted by molar-refractivity contribution is -0.908. The maximum Gasteiger partial charge on any atom is 0.290 e. The maximum atomic E-state index is 13.9. The monoisotopic (exact) mass is 453 g/mol. The molecule has 3 heterocycles. The third kappa shape index (κ3) is 4.00. The Hall–Kier alpha value is -3.23. The third-order valence-corrected chi connectivity index (χ3v) is 6.47. The van der Waals surface area contributed by atoms with Gasteiger partial charge < -0.3 is 23.7 Å². The van der Waals surface area contributed by atoms with Crippen molar-refractivity contribution >= 4 is 16.9 Å². The highest BCUT2D eigenvalue weighted by atomic mass is 19.1. The van der Waals surface area contributed by atoms with Crippen molar-refractivity contribution in [3.05, 3.63) is 75.4 Å². The van der Waals surface area contributed by atoms with E-state index in [2.05, 4.69) is 0 Å². The van der Waals surface area contributed by atoms with Crippen LogP contribution < -0.4 is 15.1 Å². The van der Waals surface area contributed by atoms with Crippen LogP contribution in [-0.4, -0.2) is 57.3 Å². The van der Waals surface area contributed by atoms with Crippen LogP contribution in [0, 0.1) is 5.82 Å². The van der Waals surface area contributed by atoms with Crippen LogP contribution in [-0.2, 0) is 4.74 Å². The van der Waals surface area contributed by atoms with Gasteiger partial charge in [0, 0.05) is 13.0 Å². The highest BCUT2D eigenvalue weighted by Crippen LogP contribution is 2.39. The van der Waals surface area contributed by atoms with Gasteiger partial charge in [0.15, 0.2) is 5.43 Å². The van der Waals surface area contributed by atoms with Crippen LogP contribution in [0.4, 0.5) is 4.39 Å². The van der Waals surface area contributed by atoms with Crippen molar-refractivity contribution in [2.45, 2.75) is 12.5 Å². The van der Waals surface area contributed by atoms with E-state index < -0.39 is 11.9 Å². The van der Waals surface area contributed by atoms with Crippen molar-refractivity contribution in [3.63, 3.8) is 0 Å². The highest BCUT2D eigenvalue weighted by molar-refractivity contribution is 5.99. The molecule has 1 fully saturated rings. The van der Waals surface area contributed by atoms with Crippen molar-refractivity contribution in [2.24, 2.45) is 0 Å². The molecule has 1 aromatic heterocycles. The zero-order valence-electron chi connectivity index (χ0n) is 18.4. The summed E-state index contributed by atoms with van der Waals surface area (Å²) >= 11 is 0. The Morgan fingerprint density at radius 3 is 2.76 bits per heavy atom. The molecule has 0 radical (unpaired) electrons. The van der Waals surface area contributed by atoms with E-state index in [-0.39, 0.29) is 33.6 Å². The average molecular weight is 453 g/mol. The van der Waals surface area contributed by atoms with Crippen LogP contribution in [0.5, 0.6) is 5.75 Å². The van der Waals surface area contributed by atoms with Gasteiger partial charge in [-0.1, -0.05) is 12.1 Å². The molecule has 2 aliphatic rings. The Labute approximate surface area is 190 Å². The second kappa shape index (κ2) is 8.96. The first kappa shape index (κ1) is 21.6. The third-order valence-electron chi connectivity index (χ3n) is 6.47. The number of quaternary nitrogens is 1. The Morgan fingerprint density at radius 2 is 1.97 bits per heavy atom. The molecule has 1 atom stereocenters. The fourth-order valence-corrected chi connectivity index (χ4v) is 4.79. The summed E-state index contributed by atoms with van der Waals surface area (Å²) in [4.78, 5) is 30.0. The Morgan fingerprint density at radius 1 is 1.15 bits per heavy atom. The SMILES string of the molecule is COc1cccc(C2c3c(oc4ccc(F)cc4c3=O)C(=O)N2CCC[NH+]2CCOCC2)c1. The van der Waals surface area contributed by atoms with E-state index >= 15 is 0 Å². The normalized spacial score (nSPS) is 18.7. The lowest BCUT2D eigenvalue weighted by Crippen LogP contribution is -3.14. The van der Waals surface area contributed by atoms with Gasteiger partial charge in [-0.05, 0) is 35.9 Å². The molecule has 172 valence electrons. The first-order chi connectivity index (χ1) is 16.1. The number of hydrogen-bond acceptors (Lipinski definition) is 5. The molecular formula is C25H26FN2O5+. The minimum atomic E-state index is -0.619. The maximum absolute atomic E-state index is 13.9. The molecule has 1 amide bonds. The number of nitrogens with one attached hydrogen (secondary N) is 1. The largest absolute Gasteiger partial charge is 0.497 e. The summed E-state index contributed by atoms with van der Waals surface area (Å²) in [5.41, 5.74) is 0.832. The number of ether oxygens (including phenoxy) is 2. The van der Waals surface area contributed by atoms with Gasteiger partial charge in [0.1, 0.15) is 30.2 Å². The lowest BCUT2D eigenvalue weighted by atomic mass is 9.98. The molecule has 1 unspecified atom stereocenters. The van der Waals surface area contributed by atoms with Crippen molar-refractivity contribution in [2.75, 3.05) is 46.5 Å². The summed E-state index contributed by atoms with van der Waals surface area (Å²) in [6.45, 7) is 4.77. The fourth-order valence-electron chi connectivity index (χ4n) is 4.79. The highest BCUT2D eigenvalue weighted by Gasteiger charge is 2.42. The quantitative estimate of drug-likeness (QED) is 0.616. The number of fused-ring (bicyclic) bond motifs is 2. The first-order valence-electron chi connectivity index (χ1n) is 11.2. The number of carbonyl (C=O) groups is 1. The number of amides is 1. The van der Waals surface area contributed by atoms with E-state index in [9.17, 15) is 14.0 Å². The molecule has 1 saturated heterocycles. The molecule has 5 rings (SSSR count). The molecule has 3 aromatic rings. The Balaban J connectivity index is 1.55. The van der Waals surface area contributed by atoms with E-state index in [1.807, 2.05) is 24.3 Å². The second-order valence-corrected chi connectivity index (χ2v) is 8.46. The summed E-state index contributed by atoms with van der Waals surface area (Å²) in [6, 6.07) is 10.5. The van der Waals surface area contributed by atoms with Gasteiger partial charge in [0.2, 0.25) is 5.76 Å². The second-order valence-electron chi connectivity index (χ2n) is 8.46. The summed E-state index contributed by atoms with van der Waals surface area (Å²) < 4.78 is 30.6. The fraction of sp³-hybridized carbons (Fsp3) is 0.360. The number of morpholine rings is 1. The van der Waals surface area contributed by atoms with E-state index in [0.29, 0.717) is 12.3 Å². The molecule has 0 saturated carbocycles. The van der Waals surface area contributed by atoms with Crippen LogP contribution in [0.2, 0.25) is 0 Å². The van der Waals surface area contributed by atoms with Crippen LogP contribution in [0.25, 0.3) is 11.0 Å². The number of hydrogen-bond donors (Lipinski definition) is 1. The van der Waals surface area contributed by atoms with Gasteiger partial charge in [-0.2, -0.15) is 0 Å². The predicted octanol–water partition coefficient (Wildman–Crippen LogP) is 1.79. The molecule has 0 bridgehead atoms. The van der Waals surface area contributed by atoms with Gasteiger partial charge in [0.05, 0.1) is 43.9 Å². The van der Waals surface area contributed by atoms with E-state index in [4.69, 9.17) is 13.9 Å². The summed E-state index contributed by atoms with van der Waals surface area (Å²) in [6.07, 6.45) is 0.776. The van der Waals surface area contributed by atoms with Crippen LogP contribution in [0.3, 0.4) is 0 Å². The molecule has 0 spiro atoms. The minimum absolute atomic E-state index is 0.0330. The molecule has 7 nitrogen and oxygen atoms in total. The number of nitrogens with zero attached hydrogens (tertiary/aromatic N) is 1. The predicted molar refractivity (Wildman–Crippen MR) is 119 cm³/mol.